The highest BCUT2D eigenvalue weighted by Gasteiger charge is 2.12. The average Bonchev–Trinajstić information content (AvgIpc) is 2.74. The quantitative estimate of drug-likeness (QED) is 0.219. The predicted molar refractivity (Wildman–Crippen MR) is 137 cm³/mol. The topological polar surface area (TPSA) is 70.5 Å². The highest BCUT2D eigenvalue weighted by Crippen LogP contribution is 2.19. The molecule has 0 spiro atoms. The van der Waals surface area contributed by atoms with E-state index in [0.717, 1.165) is 48.2 Å². The van der Waals surface area contributed by atoms with Crippen molar-refractivity contribution in [2.24, 2.45) is 0 Å². The molecule has 2 aromatic rings. The van der Waals surface area contributed by atoms with E-state index in [1.807, 2.05) is 25.1 Å². The maximum Gasteiger partial charge on any atom is 0.302 e. The Morgan fingerprint density at radius 3 is 2.15 bits per heavy atom. The minimum absolute atomic E-state index is 0.179. The molecule has 2 rings (SSSR count). The van der Waals surface area contributed by atoms with E-state index in [4.69, 9.17) is 33.3 Å². The van der Waals surface area contributed by atoms with Crippen LogP contribution in [0.4, 0.5) is 0 Å². The fourth-order valence-corrected chi connectivity index (χ4v) is 3.82. The molecule has 0 atom stereocenters. The molecule has 7 heteroatoms. The molecule has 0 bridgehead atoms. The number of rotatable bonds is 11. The lowest BCUT2D eigenvalue weighted by Crippen LogP contribution is -2.31. The first-order valence-corrected chi connectivity index (χ1v) is 11.9. The Balaban J connectivity index is 0.000000361. The number of Topliss-reactive ketones (excluding diaryl/α,β-unsaturated/α-hetero) is 1. The molecule has 0 saturated heterocycles. The summed E-state index contributed by atoms with van der Waals surface area (Å²) in [4.78, 5) is 25.1. The number of nitrogens with zero attached hydrogens (tertiary/aromatic N) is 1. The minimum Gasteiger partial charge on any atom is -0.461 e. The van der Waals surface area contributed by atoms with Crippen LogP contribution in [0.2, 0.25) is 10.0 Å². The highest BCUT2D eigenvalue weighted by molar-refractivity contribution is 6.34. The van der Waals surface area contributed by atoms with Gasteiger partial charge in [-0.3, -0.25) is 14.5 Å². The van der Waals surface area contributed by atoms with Gasteiger partial charge in [0.1, 0.15) is 6.61 Å². The Bertz CT molecular complexity index is 905. The Kier molecular flexibility index (Phi) is 13.6. The van der Waals surface area contributed by atoms with Crippen LogP contribution in [0.1, 0.15) is 60.7 Å². The maximum absolute atomic E-state index is 12.4. The molecule has 0 amide bonds. The molecule has 0 fully saturated rings. The van der Waals surface area contributed by atoms with E-state index in [1.165, 1.54) is 13.1 Å². The van der Waals surface area contributed by atoms with Gasteiger partial charge < -0.3 is 10.1 Å². The fourth-order valence-electron chi connectivity index (χ4n) is 3.25. The van der Waals surface area contributed by atoms with Crippen molar-refractivity contribution in [1.82, 2.24) is 4.90 Å². The van der Waals surface area contributed by atoms with E-state index >= 15 is 0 Å². The number of halogens is 2. The van der Waals surface area contributed by atoms with Gasteiger partial charge >= 0.3 is 5.97 Å². The average molecular weight is 493 g/mol. The smallest absolute Gasteiger partial charge is 0.302 e. The number of esters is 1. The summed E-state index contributed by atoms with van der Waals surface area (Å²) >= 11 is 11.5. The summed E-state index contributed by atoms with van der Waals surface area (Å²) in [7, 11) is 0. The molecule has 33 heavy (non-hydrogen) atoms. The third-order valence-electron chi connectivity index (χ3n) is 4.80. The van der Waals surface area contributed by atoms with E-state index in [1.54, 1.807) is 18.2 Å². The number of benzene rings is 2. The van der Waals surface area contributed by atoms with Crippen LogP contribution in [0.15, 0.2) is 36.4 Å². The Morgan fingerprint density at radius 2 is 1.64 bits per heavy atom. The van der Waals surface area contributed by atoms with E-state index < -0.39 is 0 Å². The van der Waals surface area contributed by atoms with Crippen molar-refractivity contribution in [3.8, 4) is 0 Å². The molecule has 0 unspecified atom stereocenters. The molecule has 2 aromatic carbocycles. The summed E-state index contributed by atoms with van der Waals surface area (Å²) < 4.78 is 4.78. The number of carbonyl (C=O) groups excluding carboxylic acids is 2. The number of hydrogen-bond acceptors (Lipinski definition) is 5. The normalized spacial score (nSPS) is 10.4. The molecule has 0 saturated carbocycles. The molecule has 0 heterocycles. The lowest BCUT2D eigenvalue weighted by atomic mass is 10.0. The van der Waals surface area contributed by atoms with Crippen LogP contribution in [0.3, 0.4) is 0 Å². The number of carbonyl (C=O) groups is 2. The van der Waals surface area contributed by atoms with Crippen LogP contribution < -0.4 is 0 Å². The molecule has 180 valence electrons. The van der Waals surface area contributed by atoms with Gasteiger partial charge in [0.2, 0.25) is 0 Å². The molecule has 0 aromatic heterocycles. The van der Waals surface area contributed by atoms with E-state index in [-0.39, 0.29) is 18.4 Å². The van der Waals surface area contributed by atoms with Crippen LogP contribution in [0, 0.1) is 12.3 Å². The summed E-state index contributed by atoms with van der Waals surface area (Å²) in [5.41, 5.74) is 3.77. The van der Waals surface area contributed by atoms with Gasteiger partial charge in [-0.15, -0.1) is 0 Å². The van der Waals surface area contributed by atoms with Crippen molar-refractivity contribution in [3.63, 3.8) is 0 Å². The second-order valence-electron chi connectivity index (χ2n) is 7.81. The molecular weight excluding hydrogens is 459 g/mol. The molecule has 0 aliphatic heterocycles. The van der Waals surface area contributed by atoms with Crippen LogP contribution in [-0.2, 0) is 22.6 Å². The molecule has 0 aliphatic rings. The highest BCUT2D eigenvalue weighted by atomic mass is 35.5. The Morgan fingerprint density at radius 1 is 1.03 bits per heavy atom. The summed E-state index contributed by atoms with van der Waals surface area (Å²) in [5, 5.41) is 8.29. The molecule has 0 radical (unpaired) electrons. The summed E-state index contributed by atoms with van der Waals surface area (Å²) in [6.45, 7) is 10.3. The Hall–Kier alpha value is -2.21. The van der Waals surface area contributed by atoms with E-state index in [2.05, 4.69) is 18.7 Å². The first kappa shape index (κ1) is 28.8. The van der Waals surface area contributed by atoms with Crippen molar-refractivity contribution in [2.45, 2.75) is 53.6 Å². The van der Waals surface area contributed by atoms with Gasteiger partial charge in [-0.1, -0.05) is 49.2 Å². The largest absolute Gasteiger partial charge is 0.461 e. The second-order valence-corrected chi connectivity index (χ2v) is 8.68. The fraction of sp³-hybridized carbons (Fsp3) is 0.423. The predicted octanol–water partition coefficient (Wildman–Crippen LogP) is 6.55. The van der Waals surface area contributed by atoms with Crippen molar-refractivity contribution >= 4 is 41.2 Å². The molecular formula is C26H34Cl2N2O3. The second kappa shape index (κ2) is 15.6. The van der Waals surface area contributed by atoms with E-state index in [0.29, 0.717) is 23.0 Å². The van der Waals surface area contributed by atoms with Crippen molar-refractivity contribution < 1.29 is 14.3 Å². The number of nitrogens with one attached hydrogen (secondary N) is 1. The van der Waals surface area contributed by atoms with Gasteiger partial charge in [0.25, 0.3) is 0 Å². The summed E-state index contributed by atoms with van der Waals surface area (Å²) in [6.07, 6.45) is 4.12. The van der Waals surface area contributed by atoms with Crippen molar-refractivity contribution in [1.29, 1.82) is 5.41 Å². The maximum atomic E-state index is 12.4. The van der Waals surface area contributed by atoms with Gasteiger partial charge in [-0.05, 0) is 80.0 Å². The molecule has 0 aliphatic carbocycles. The van der Waals surface area contributed by atoms with Crippen LogP contribution in [0.25, 0.3) is 0 Å². The minimum atomic E-state index is -0.323. The lowest BCUT2D eigenvalue weighted by molar-refractivity contribution is -0.142. The first-order chi connectivity index (χ1) is 15.7. The lowest BCUT2D eigenvalue weighted by Gasteiger charge is -2.20. The molecule has 1 N–H and O–H groups in total. The third kappa shape index (κ3) is 11.5. The summed E-state index contributed by atoms with van der Waals surface area (Å²) in [5.74, 6) is -0.144. The first-order valence-electron chi connectivity index (χ1n) is 11.1. The number of ketones is 1. The van der Waals surface area contributed by atoms with Gasteiger partial charge in [-0.2, -0.15) is 0 Å². The van der Waals surface area contributed by atoms with Crippen molar-refractivity contribution in [3.05, 3.63) is 68.7 Å². The SMILES string of the molecule is CC(=O)OCc1cc(Cl)cc(Cl)c1.CCCN(CCC)CC(=O)c1ccc(C)c(CC=N)c1. The van der Waals surface area contributed by atoms with Crippen LogP contribution in [-0.4, -0.2) is 42.5 Å². The van der Waals surface area contributed by atoms with Gasteiger partial charge in [0.15, 0.2) is 5.78 Å². The zero-order chi connectivity index (χ0) is 24.8. The van der Waals surface area contributed by atoms with Crippen LogP contribution >= 0.6 is 23.2 Å². The number of ether oxygens (including phenoxy) is 1. The third-order valence-corrected chi connectivity index (χ3v) is 5.24. The zero-order valence-electron chi connectivity index (χ0n) is 19.9. The van der Waals surface area contributed by atoms with E-state index in [9.17, 15) is 9.59 Å². The van der Waals surface area contributed by atoms with Gasteiger partial charge in [0, 0.05) is 29.0 Å². The van der Waals surface area contributed by atoms with Crippen molar-refractivity contribution in [2.75, 3.05) is 19.6 Å². The Labute approximate surface area is 207 Å². The van der Waals surface area contributed by atoms with Crippen LogP contribution in [0.5, 0.6) is 0 Å². The molecule has 5 nitrogen and oxygen atoms in total. The standard InChI is InChI=1S/C17H26N2O.C9H8Cl2O2/c1-4-10-19(11-5-2)13-17(20)16-7-6-14(3)15(12-16)8-9-18;1-6(12)13-5-7-2-8(10)4-9(11)3-7/h6-7,9,12,18H,4-5,8,10-11,13H2,1-3H3;2-4H,5H2,1H3. The zero-order valence-corrected chi connectivity index (χ0v) is 21.4. The summed E-state index contributed by atoms with van der Waals surface area (Å²) in [6, 6.07) is 10.9. The van der Waals surface area contributed by atoms with Gasteiger partial charge in [-0.25, -0.2) is 0 Å². The number of hydrogen-bond donors (Lipinski definition) is 1. The van der Waals surface area contributed by atoms with Gasteiger partial charge in [0.05, 0.1) is 6.54 Å². The number of aryl methyl sites for hydroxylation is 1. The monoisotopic (exact) mass is 492 g/mol.